The first-order valence-corrected chi connectivity index (χ1v) is 11.7. The predicted octanol–water partition coefficient (Wildman–Crippen LogP) is 5.77. The van der Waals surface area contributed by atoms with Crippen molar-refractivity contribution in [2.75, 3.05) is 22.6 Å². The SMILES string of the molecule is CCCCCCC(=O)Nc1ccc([C@@H]2SCC(=O)N2c2ccccc2OCC)cc1. The zero-order chi connectivity index (χ0) is 21.3. The second-order valence-electron chi connectivity index (χ2n) is 7.31. The number of anilines is 2. The normalized spacial score (nSPS) is 16.0. The Morgan fingerprint density at radius 2 is 1.87 bits per heavy atom. The van der Waals surface area contributed by atoms with Crippen molar-refractivity contribution in [3.05, 3.63) is 54.1 Å². The molecule has 1 N–H and O–H groups in total. The number of hydrogen-bond donors (Lipinski definition) is 1. The predicted molar refractivity (Wildman–Crippen MR) is 124 cm³/mol. The Kier molecular flexibility index (Phi) is 8.20. The summed E-state index contributed by atoms with van der Waals surface area (Å²) in [5, 5.41) is 2.85. The van der Waals surface area contributed by atoms with Gasteiger partial charge in [-0.25, -0.2) is 0 Å². The van der Waals surface area contributed by atoms with E-state index >= 15 is 0 Å². The number of nitrogens with zero attached hydrogens (tertiary/aromatic N) is 1. The van der Waals surface area contributed by atoms with Gasteiger partial charge in [0.2, 0.25) is 11.8 Å². The lowest BCUT2D eigenvalue weighted by molar-refractivity contribution is -0.116. The van der Waals surface area contributed by atoms with Crippen molar-refractivity contribution in [1.29, 1.82) is 0 Å². The smallest absolute Gasteiger partial charge is 0.238 e. The van der Waals surface area contributed by atoms with Gasteiger partial charge in [-0.3, -0.25) is 14.5 Å². The second-order valence-corrected chi connectivity index (χ2v) is 8.38. The molecule has 0 radical (unpaired) electrons. The number of nitrogens with one attached hydrogen (secondary N) is 1. The number of ether oxygens (including phenoxy) is 1. The zero-order valence-electron chi connectivity index (χ0n) is 17.7. The molecule has 2 amide bonds. The molecule has 3 rings (SSSR count). The summed E-state index contributed by atoms with van der Waals surface area (Å²) in [6.45, 7) is 4.64. The molecule has 1 aliphatic heterocycles. The minimum atomic E-state index is -0.113. The van der Waals surface area contributed by atoms with Gasteiger partial charge in [-0.15, -0.1) is 11.8 Å². The molecule has 1 atom stereocenters. The van der Waals surface area contributed by atoms with Gasteiger partial charge in [0.15, 0.2) is 0 Å². The molecule has 0 unspecified atom stereocenters. The number of carbonyl (C=O) groups excluding carboxylic acids is 2. The summed E-state index contributed by atoms with van der Waals surface area (Å²) in [6, 6.07) is 15.4. The monoisotopic (exact) mass is 426 g/mol. The molecule has 30 heavy (non-hydrogen) atoms. The summed E-state index contributed by atoms with van der Waals surface area (Å²) in [4.78, 5) is 26.6. The molecule has 0 saturated carbocycles. The Hall–Kier alpha value is -2.47. The third-order valence-corrected chi connectivity index (χ3v) is 6.24. The number of amides is 2. The van der Waals surface area contributed by atoms with Crippen molar-refractivity contribution in [1.82, 2.24) is 0 Å². The summed E-state index contributed by atoms with van der Waals surface area (Å²) in [6.07, 6.45) is 4.90. The van der Waals surface area contributed by atoms with Crippen LogP contribution in [-0.2, 0) is 9.59 Å². The zero-order valence-corrected chi connectivity index (χ0v) is 18.5. The van der Waals surface area contributed by atoms with Gasteiger partial charge in [0.1, 0.15) is 11.1 Å². The van der Waals surface area contributed by atoms with E-state index in [1.807, 2.05) is 60.4 Å². The van der Waals surface area contributed by atoms with Crippen molar-refractivity contribution >= 4 is 35.0 Å². The highest BCUT2D eigenvalue weighted by atomic mass is 32.2. The van der Waals surface area contributed by atoms with E-state index < -0.39 is 0 Å². The van der Waals surface area contributed by atoms with E-state index in [0.29, 0.717) is 24.5 Å². The highest BCUT2D eigenvalue weighted by Crippen LogP contribution is 2.44. The summed E-state index contributed by atoms with van der Waals surface area (Å²) >= 11 is 1.60. The van der Waals surface area contributed by atoms with E-state index in [-0.39, 0.29) is 17.2 Å². The van der Waals surface area contributed by atoms with Crippen LogP contribution < -0.4 is 15.0 Å². The minimum Gasteiger partial charge on any atom is -0.492 e. The fourth-order valence-corrected chi connectivity index (χ4v) is 4.70. The third-order valence-electron chi connectivity index (χ3n) is 5.03. The molecule has 0 bridgehead atoms. The maximum absolute atomic E-state index is 12.7. The molecule has 1 heterocycles. The first-order chi connectivity index (χ1) is 14.6. The third kappa shape index (κ3) is 5.57. The standard InChI is InChI=1S/C24H30N2O3S/c1-3-5-6-7-12-22(27)25-19-15-13-18(14-16-19)24-26(23(28)17-30-24)20-10-8-9-11-21(20)29-4-2/h8-11,13-16,24H,3-7,12,17H2,1-2H3,(H,25,27)/t24-/m0/s1. The molecule has 2 aromatic carbocycles. The van der Waals surface area contributed by atoms with Crippen LogP contribution in [0, 0.1) is 0 Å². The van der Waals surface area contributed by atoms with Gasteiger partial charge in [-0.1, -0.05) is 50.5 Å². The van der Waals surface area contributed by atoms with Crippen molar-refractivity contribution in [3.63, 3.8) is 0 Å². The average molecular weight is 427 g/mol. The van der Waals surface area contributed by atoms with Crippen molar-refractivity contribution < 1.29 is 14.3 Å². The maximum atomic E-state index is 12.7. The minimum absolute atomic E-state index is 0.0524. The maximum Gasteiger partial charge on any atom is 0.238 e. The van der Waals surface area contributed by atoms with Crippen LogP contribution in [0.2, 0.25) is 0 Å². The molecular weight excluding hydrogens is 396 g/mol. The van der Waals surface area contributed by atoms with Crippen LogP contribution in [0.3, 0.4) is 0 Å². The first kappa shape index (κ1) is 22.2. The van der Waals surface area contributed by atoms with Crippen molar-refractivity contribution in [3.8, 4) is 5.75 Å². The van der Waals surface area contributed by atoms with E-state index in [0.717, 1.165) is 36.2 Å². The van der Waals surface area contributed by atoms with Crippen LogP contribution in [0.15, 0.2) is 48.5 Å². The number of hydrogen-bond acceptors (Lipinski definition) is 4. The molecule has 0 aliphatic carbocycles. The fraction of sp³-hybridized carbons (Fsp3) is 0.417. The summed E-state index contributed by atoms with van der Waals surface area (Å²) < 4.78 is 5.74. The molecular formula is C24H30N2O3S. The van der Waals surface area contributed by atoms with Gasteiger partial charge in [0, 0.05) is 12.1 Å². The van der Waals surface area contributed by atoms with Crippen LogP contribution in [0.25, 0.3) is 0 Å². The highest BCUT2D eigenvalue weighted by Gasteiger charge is 2.35. The van der Waals surface area contributed by atoms with Gasteiger partial charge >= 0.3 is 0 Å². The fourth-order valence-electron chi connectivity index (χ4n) is 3.53. The topological polar surface area (TPSA) is 58.6 Å². The number of unbranched alkanes of at least 4 members (excludes halogenated alkanes) is 3. The Balaban J connectivity index is 1.69. The average Bonchev–Trinajstić information content (AvgIpc) is 3.14. The van der Waals surface area contributed by atoms with Crippen LogP contribution in [0.4, 0.5) is 11.4 Å². The van der Waals surface area contributed by atoms with Gasteiger partial charge < -0.3 is 10.1 Å². The molecule has 1 saturated heterocycles. The van der Waals surface area contributed by atoms with Gasteiger partial charge in [-0.2, -0.15) is 0 Å². The van der Waals surface area contributed by atoms with Crippen LogP contribution in [0.1, 0.15) is 56.9 Å². The number of para-hydroxylation sites is 2. The Labute approximate surface area is 183 Å². The Morgan fingerprint density at radius 1 is 1.10 bits per heavy atom. The quantitative estimate of drug-likeness (QED) is 0.490. The summed E-state index contributed by atoms with van der Waals surface area (Å²) in [5.41, 5.74) is 2.61. The van der Waals surface area contributed by atoms with Gasteiger partial charge in [0.25, 0.3) is 0 Å². The Bertz CT molecular complexity index is 854. The molecule has 1 fully saturated rings. The number of thioether (sulfide) groups is 1. The molecule has 2 aromatic rings. The molecule has 0 aromatic heterocycles. The van der Waals surface area contributed by atoms with Crippen LogP contribution in [0.5, 0.6) is 5.75 Å². The number of rotatable bonds is 10. The molecule has 1 aliphatic rings. The van der Waals surface area contributed by atoms with Crippen molar-refractivity contribution in [2.45, 2.75) is 51.3 Å². The molecule has 160 valence electrons. The van der Waals surface area contributed by atoms with Crippen LogP contribution in [-0.4, -0.2) is 24.2 Å². The van der Waals surface area contributed by atoms with E-state index in [9.17, 15) is 9.59 Å². The Morgan fingerprint density at radius 3 is 2.60 bits per heavy atom. The summed E-state index contributed by atoms with van der Waals surface area (Å²) in [7, 11) is 0. The van der Waals surface area contributed by atoms with Gasteiger partial charge in [-0.05, 0) is 43.2 Å². The van der Waals surface area contributed by atoms with Crippen molar-refractivity contribution in [2.24, 2.45) is 0 Å². The lowest BCUT2D eigenvalue weighted by atomic mass is 10.1. The lowest BCUT2D eigenvalue weighted by Crippen LogP contribution is -2.28. The van der Waals surface area contributed by atoms with Gasteiger partial charge in [0.05, 0.1) is 18.0 Å². The van der Waals surface area contributed by atoms with E-state index in [1.165, 1.54) is 6.42 Å². The lowest BCUT2D eigenvalue weighted by Gasteiger charge is -2.26. The molecule has 6 heteroatoms. The highest BCUT2D eigenvalue weighted by molar-refractivity contribution is 8.00. The second kappa shape index (κ2) is 11.1. The molecule has 5 nitrogen and oxygen atoms in total. The van der Waals surface area contributed by atoms with E-state index in [2.05, 4.69) is 12.2 Å². The van der Waals surface area contributed by atoms with E-state index in [1.54, 1.807) is 11.8 Å². The van der Waals surface area contributed by atoms with E-state index in [4.69, 9.17) is 4.74 Å². The number of carbonyl (C=O) groups is 2. The summed E-state index contributed by atoms with van der Waals surface area (Å²) in [5.74, 6) is 1.27. The van der Waals surface area contributed by atoms with Crippen LogP contribution >= 0.6 is 11.8 Å². The first-order valence-electron chi connectivity index (χ1n) is 10.7. The largest absolute Gasteiger partial charge is 0.492 e. The number of benzene rings is 2. The molecule has 0 spiro atoms.